The molecule has 35 nitrogen and oxygen atoms in total. The molecule has 524 valence electrons. The highest BCUT2D eigenvalue weighted by molar-refractivity contribution is 5.94. The zero-order chi connectivity index (χ0) is 69.2. The molecule has 7 amide bonds. The van der Waals surface area contributed by atoms with Crippen molar-refractivity contribution < 1.29 is 137 Å². The number of ether oxygens (including phenoxy) is 6. The summed E-state index contributed by atoms with van der Waals surface area (Å²) in [7, 11) is 1.56. The van der Waals surface area contributed by atoms with Crippen molar-refractivity contribution in [3.05, 3.63) is 0 Å². The van der Waals surface area contributed by atoms with Crippen LogP contribution in [0.15, 0.2) is 0 Å². The van der Waals surface area contributed by atoms with E-state index in [-0.39, 0.29) is 74.9 Å². The number of Topliss-reactive ketones (excluding diaryl/α,β-unsaturated/α-hetero) is 4. The Morgan fingerprint density at radius 2 is 1.03 bits per heavy atom. The van der Waals surface area contributed by atoms with Gasteiger partial charge in [-0.25, -0.2) is 0 Å². The van der Waals surface area contributed by atoms with Crippen molar-refractivity contribution in [2.24, 2.45) is 0 Å². The second kappa shape index (κ2) is 43.3. The Morgan fingerprint density at radius 1 is 0.522 bits per heavy atom. The van der Waals surface area contributed by atoms with Gasteiger partial charge < -0.3 is 111 Å². The molecule has 0 spiro atoms. The number of aliphatic carboxylic acids is 2. The minimum absolute atomic E-state index is 0.0444. The third kappa shape index (κ3) is 30.4. The molecule has 0 aromatic carbocycles. The first kappa shape index (κ1) is 81.5. The van der Waals surface area contributed by atoms with Gasteiger partial charge in [0.05, 0.1) is 38.5 Å². The summed E-state index contributed by atoms with van der Waals surface area (Å²) in [5.41, 5.74) is 0. The van der Waals surface area contributed by atoms with Gasteiger partial charge in [-0.1, -0.05) is 6.92 Å². The first-order valence-corrected chi connectivity index (χ1v) is 30.3. The topological polar surface area (TPSA) is 526 Å². The number of ketones is 4. The van der Waals surface area contributed by atoms with Crippen LogP contribution in [0.5, 0.6) is 0 Å². The number of aliphatic hydroxyl groups is 7. The molecule has 0 aromatic heterocycles. The summed E-state index contributed by atoms with van der Waals surface area (Å²) >= 11 is 0. The van der Waals surface area contributed by atoms with E-state index in [0.29, 0.717) is 50.0 Å². The molecule has 3 aliphatic rings. The van der Waals surface area contributed by atoms with E-state index in [1.54, 1.807) is 20.9 Å². The number of carboxylic acid groups (broad SMARTS) is 2. The van der Waals surface area contributed by atoms with E-state index in [1.807, 2.05) is 0 Å². The van der Waals surface area contributed by atoms with Gasteiger partial charge >= 0.3 is 11.9 Å². The maximum Gasteiger partial charge on any atom is 0.323 e. The molecule has 3 aliphatic heterocycles. The number of nitrogens with one attached hydrogen (secondary N) is 5. The van der Waals surface area contributed by atoms with E-state index >= 15 is 0 Å². The number of rotatable bonds is 41. The number of nitrogens with zero attached hydrogens (tertiary/aromatic N) is 2. The average molecular weight is 1320 g/mol. The second-order valence-corrected chi connectivity index (χ2v) is 21.9. The first-order valence-electron chi connectivity index (χ1n) is 30.3. The maximum atomic E-state index is 12.5. The molecule has 3 fully saturated rings. The van der Waals surface area contributed by atoms with Crippen LogP contribution >= 0.6 is 0 Å². The van der Waals surface area contributed by atoms with Gasteiger partial charge in [-0.05, 0) is 39.5 Å². The van der Waals surface area contributed by atoms with E-state index in [2.05, 4.69) is 26.6 Å². The number of unbranched alkanes of at least 4 members (excludes halogenated alkanes) is 2. The van der Waals surface area contributed by atoms with Crippen LogP contribution < -0.4 is 26.6 Å². The molecule has 14 N–H and O–H groups in total. The molecule has 35 heteroatoms. The molecule has 0 saturated carbocycles. The van der Waals surface area contributed by atoms with Crippen LogP contribution in [0.25, 0.3) is 0 Å². The Bertz CT molecular complexity index is 2430. The van der Waals surface area contributed by atoms with Crippen LogP contribution in [0.1, 0.15) is 124 Å². The fourth-order valence-electron chi connectivity index (χ4n) is 9.33. The van der Waals surface area contributed by atoms with Crippen LogP contribution in [-0.4, -0.2) is 291 Å². The lowest BCUT2D eigenvalue weighted by atomic mass is 9.95. The van der Waals surface area contributed by atoms with E-state index in [4.69, 9.17) is 38.6 Å². The highest BCUT2D eigenvalue weighted by atomic mass is 16.8. The normalized spacial score (nSPS) is 25.1. The monoisotopic (exact) mass is 1320 g/mol. The van der Waals surface area contributed by atoms with Crippen LogP contribution in [-0.2, 0) is 90.8 Å². The van der Waals surface area contributed by atoms with Gasteiger partial charge in [-0.2, -0.15) is 0 Å². The van der Waals surface area contributed by atoms with Gasteiger partial charge in [0.25, 0.3) is 0 Å². The minimum atomic E-state index is -1.66. The molecule has 3 heterocycles. The maximum absolute atomic E-state index is 12.5. The predicted molar refractivity (Wildman–Crippen MR) is 311 cm³/mol. The third-order valence-electron chi connectivity index (χ3n) is 14.5. The fraction of sp³-hybridized carbons (Fsp3) is 0.772. The van der Waals surface area contributed by atoms with Crippen LogP contribution in [0.4, 0.5) is 0 Å². The summed E-state index contributed by atoms with van der Waals surface area (Å²) in [5.74, 6) is -8.40. The molecule has 5 unspecified atom stereocenters. The fourth-order valence-corrected chi connectivity index (χ4v) is 9.33. The number of aliphatic hydroxyl groups excluding tert-OH is 7. The Kier molecular flexibility index (Phi) is 38.4. The zero-order valence-corrected chi connectivity index (χ0v) is 52.4. The number of hydrogen-bond donors (Lipinski definition) is 14. The SMILES string of the molecule is CCNC(=O)CCC(=O)CNC(=O)CN(CC(=O)O)C(=O)CCC(=O)CNC(=O)CN(CC(=O)O)C(=O)CCC(=O)CC.CNC(=O)CCCCC(=O)CCCCO[C@@H]1OC(CO)[C@H](O)[C@H](O[C@H]2OC(CO)[C@H](O)[C@H](O)C2NC(C)=O)C1O[C@H]1C[C@@H](O)[C@H](O)C(C)O1. The van der Waals surface area contributed by atoms with Gasteiger partial charge in [-0.3, -0.25) is 62.3 Å². The molecular formula is C57H93N7O28. The van der Waals surface area contributed by atoms with Crippen molar-refractivity contribution >= 4 is 76.4 Å². The standard InChI is InChI=1S/C31H54N2O16.C26H39N5O12/c1-15-24(40)18(38)12-22(45-15)48-29-28(49-30-23(33-16(2)36)27(43)25(41)19(13-34)46-30)26(42)20(14-35)47-31(29)44-11-7-6-9-17(37)8-4-5-10-21(39)32-3;1-3-17(32)6-9-23(38)30(15-25(40)41)13-22(37)29-12-19(34)7-10-24(39)31(16-26(42)43)14-21(36)28-11-18(33)5-8-20(35)27-4-2/h15,18-20,22-31,34-35,38,40-43H,4-14H2,1-3H3,(H,32,39)(H,33,36);3-16H2,1-2H3,(H,27,35)(H,28,36)(H,29,37)(H,40,41)(H,42,43)/t15?,18-,19?,20?,22+,23?,24-,25+,26+,27-,28+,29?,30-,31-;/m1./s1. The summed E-state index contributed by atoms with van der Waals surface area (Å²) in [6.07, 6.45) is -16.1. The van der Waals surface area contributed by atoms with E-state index in [9.17, 15) is 98.1 Å². The highest BCUT2D eigenvalue weighted by Crippen LogP contribution is 2.34. The number of carbonyl (C=O) groups excluding carboxylic acids is 11. The molecule has 3 saturated heterocycles. The Hall–Kier alpha value is -6.61. The quantitative estimate of drug-likeness (QED) is 0.0254. The van der Waals surface area contributed by atoms with Gasteiger partial charge in [0, 0.05) is 97.8 Å². The lowest BCUT2D eigenvalue weighted by molar-refractivity contribution is -0.375. The van der Waals surface area contributed by atoms with Crippen LogP contribution in [0, 0.1) is 0 Å². The van der Waals surface area contributed by atoms with Crippen molar-refractivity contribution in [2.75, 3.05) is 72.7 Å². The summed E-state index contributed by atoms with van der Waals surface area (Å²) in [6.45, 7) is 0.972. The third-order valence-corrected chi connectivity index (χ3v) is 14.5. The van der Waals surface area contributed by atoms with Gasteiger partial charge in [0.1, 0.15) is 92.6 Å². The van der Waals surface area contributed by atoms with Crippen LogP contribution in [0.3, 0.4) is 0 Å². The summed E-state index contributed by atoms with van der Waals surface area (Å²) in [4.78, 5) is 155. The molecule has 3 rings (SSSR count). The highest BCUT2D eigenvalue weighted by Gasteiger charge is 2.53. The van der Waals surface area contributed by atoms with Gasteiger partial charge in [0.15, 0.2) is 30.4 Å². The van der Waals surface area contributed by atoms with Crippen molar-refractivity contribution in [1.82, 2.24) is 36.4 Å². The number of amides is 7. The Balaban J connectivity index is 0.000000633. The lowest BCUT2D eigenvalue weighted by Gasteiger charge is -2.49. The summed E-state index contributed by atoms with van der Waals surface area (Å²) in [5, 5.41) is 103. The molecule has 0 aliphatic carbocycles. The number of carboxylic acids is 2. The predicted octanol–water partition coefficient (Wildman–Crippen LogP) is -5.66. The van der Waals surface area contributed by atoms with Gasteiger partial charge in [0.2, 0.25) is 41.4 Å². The lowest BCUT2D eigenvalue weighted by Crippen LogP contribution is -2.68. The average Bonchev–Trinajstić information content (AvgIpc) is 0.780. The van der Waals surface area contributed by atoms with Gasteiger partial charge in [-0.15, -0.1) is 0 Å². The summed E-state index contributed by atoms with van der Waals surface area (Å²) in [6, 6.07) is -1.37. The largest absolute Gasteiger partial charge is 0.480 e. The molecule has 0 radical (unpaired) electrons. The van der Waals surface area contributed by atoms with Crippen molar-refractivity contribution in [3.8, 4) is 0 Å². The Morgan fingerprint density at radius 3 is 1.53 bits per heavy atom. The number of carbonyl (C=O) groups is 13. The summed E-state index contributed by atoms with van der Waals surface area (Å²) < 4.78 is 35.5. The van der Waals surface area contributed by atoms with Crippen molar-refractivity contribution in [3.63, 3.8) is 0 Å². The smallest absolute Gasteiger partial charge is 0.323 e. The molecular weight excluding hydrogens is 1230 g/mol. The van der Waals surface area contributed by atoms with Crippen LogP contribution in [0.2, 0.25) is 0 Å². The van der Waals surface area contributed by atoms with E-state index in [1.165, 1.54) is 6.92 Å². The number of hydrogen-bond acceptors (Lipinski definition) is 26. The molecule has 0 bridgehead atoms. The van der Waals surface area contributed by atoms with E-state index in [0.717, 1.165) is 11.8 Å². The zero-order valence-electron chi connectivity index (χ0n) is 52.4. The molecule has 14 atom stereocenters. The van der Waals surface area contributed by atoms with Crippen molar-refractivity contribution in [1.29, 1.82) is 0 Å². The first-order chi connectivity index (χ1) is 43.5. The molecule has 0 aromatic rings. The van der Waals surface area contributed by atoms with Crippen molar-refractivity contribution in [2.45, 2.75) is 210 Å². The Labute approximate surface area is 530 Å². The van der Waals surface area contributed by atoms with E-state index < -0.39 is 204 Å². The minimum Gasteiger partial charge on any atom is -0.480 e. The molecule has 92 heavy (non-hydrogen) atoms. The second-order valence-electron chi connectivity index (χ2n) is 21.9.